The van der Waals surface area contributed by atoms with Crippen LogP contribution in [0, 0.1) is 5.92 Å². The standard InChI is InChI=1S/C21H29Cl2N3O3/c1-13(2)11-19(24-20(28)17-6-5-15(22)12-18(17)23)21(29)26-9-7-16(8-10-26)25(4)14(3)27/h5-6,12-13,16,19H,7-11H2,1-4H3,(H,24,28). The first-order valence-electron chi connectivity index (χ1n) is 9.88. The minimum Gasteiger partial charge on any atom is -0.343 e. The molecule has 1 aliphatic rings. The van der Waals surface area contributed by atoms with Crippen LogP contribution in [0.3, 0.4) is 0 Å². The summed E-state index contributed by atoms with van der Waals surface area (Å²) in [5, 5.41) is 3.55. The van der Waals surface area contributed by atoms with Gasteiger partial charge in [-0.1, -0.05) is 37.0 Å². The summed E-state index contributed by atoms with van der Waals surface area (Å²) in [7, 11) is 1.79. The minimum absolute atomic E-state index is 0.0274. The van der Waals surface area contributed by atoms with E-state index in [2.05, 4.69) is 5.32 Å². The fourth-order valence-corrected chi connectivity index (χ4v) is 4.05. The second kappa shape index (κ2) is 10.3. The molecular weight excluding hydrogens is 413 g/mol. The molecule has 8 heteroatoms. The van der Waals surface area contributed by atoms with Crippen molar-refractivity contribution in [1.82, 2.24) is 15.1 Å². The molecule has 1 heterocycles. The normalized spacial score (nSPS) is 15.9. The van der Waals surface area contributed by atoms with E-state index < -0.39 is 11.9 Å². The fourth-order valence-electron chi connectivity index (χ4n) is 3.55. The number of benzene rings is 1. The molecule has 0 radical (unpaired) electrons. The van der Waals surface area contributed by atoms with Gasteiger partial charge in [0.15, 0.2) is 0 Å². The summed E-state index contributed by atoms with van der Waals surface area (Å²) in [6.45, 7) is 6.69. The maximum atomic E-state index is 13.1. The van der Waals surface area contributed by atoms with Crippen molar-refractivity contribution >= 4 is 40.9 Å². The first-order chi connectivity index (χ1) is 13.6. The van der Waals surface area contributed by atoms with Crippen LogP contribution in [0.15, 0.2) is 18.2 Å². The van der Waals surface area contributed by atoms with Crippen molar-refractivity contribution in [3.8, 4) is 0 Å². The topological polar surface area (TPSA) is 69.7 Å². The average molecular weight is 442 g/mol. The molecule has 29 heavy (non-hydrogen) atoms. The highest BCUT2D eigenvalue weighted by Gasteiger charge is 2.31. The van der Waals surface area contributed by atoms with Gasteiger partial charge in [-0.3, -0.25) is 14.4 Å². The Hall–Kier alpha value is -1.79. The van der Waals surface area contributed by atoms with Crippen LogP contribution < -0.4 is 5.32 Å². The third-order valence-corrected chi connectivity index (χ3v) is 5.85. The monoisotopic (exact) mass is 441 g/mol. The lowest BCUT2D eigenvalue weighted by molar-refractivity contribution is -0.136. The molecule has 0 aromatic heterocycles. The zero-order valence-corrected chi connectivity index (χ0v) is 18.9. The summed E-state index contributed by atoms with van der Waals surface area (Å²) in [5.41, 5.74) is 0.291. The Kier molecular flexibility index (Phi) is 8.34. The van der Waals surface area contributed by atoms with Gasteiger partial charge < -0.3 is 15.1 Å². The number of rotatable bonds is 6. The maximum Gasteiger partial charge on any atom is 0.253 e. The number of carbonyl (C=O) groups is 3. The van der Waals surface area contributed by atoms with Crippen molar-refractivity contribution in [1.29, 1.82) is 0 Å². The number of halogens is 2. The number of likely N-dealkylation sites (tertiary alicyclic amines) is 1. The van der Waals surface area contributed by atoms with E-state index in [1.807, 2.05) is 13.8 Å². The Labute approximate surface area is 182 Å². The van der Waals surface area contributed by atoms with Crippen molar-refractivity contribution in [2.75, 3.05) is 20.1 Å². The number of nitrogens with zero attached hydrogens (tertiary/aromatic N) is 2. The first kappa shape index (κ1) is 23.5. The summed E-state index contributed by atoms with van der Waals surface area (Å²) in [6, 6.07) is 4.17. The van der Waals surface area contributed by atoms with Crippen molar-refractivity contribution < 1.29 is 14.4 Å². The number of hydrogen-bond donors (Lipinski definition) is 1. The van der Waals surface area contributed by atoms with E-state index >= 15 is 0 Å². The molecule has 1 saturated heterocycles. The third-order valence-electron chi connectivity index (χ3n) is 5.31. The maximum absolute atomic E-state index is 13.1. The van der Waals surface area contributed by atoms with Crippen molar-refractivity contribution in [3.05, 3.63) is 33.8 Å². The molecule has 1 aromatic carbocycles. The highest BCUT2D eigenvalue weighted by molar-refractivity contribution is 6.36. The first-order valence-corrected chi connectivity index (χ1v) is 10.6. The largest absolute Gasteiger partial charge is 0.343 e. The van der Waals surface area contributed by atoms with Crippen LogP contribution in [0.1, 0.15) is 50.4 Å². The van der Waals surface area contributed by atoms with Crippen LogP contribution >= 0.6 is 23.2 Å². The molecule has 3 amide bonds. The predicted molar refractivity (Wildman–Crippen MR) is 115 cm³/mol. The molecule has 1 N–H and O–H groups in total. The van der Waals surface area contributed by atoms with Gasteiger partial charge >= 0.3 is 0 Å². The molecule has 1 fully saturated rings. The smallest absolute Gasteiger partial charge is 0.253 e. The zero-order chi connectivity index (χ0) is 21.7. The number of nitrogens with one attached hydrogen (secondary N) is 1. The minimum atomic E-state index is -0.628. The number of piperidine rings is 1. The van der Waals surface area contributed by atoms with Gasteiger partial charge in [0.2, 0.25) is 11.8 Å². The summed E-state index contributed by atoms with van der Waals surface area (Å²) >= 11 is 12.0. The number of hydrogen-bond acceptors (Lipinski definition) is 3. The fraction of sp³-hybridized carbons (Fsp3) is 0.571. The van der Waals surface area contributed by atoms with Gasteiger partial charge in [0.05, 0.1) is 10.6 Å². The highest BCUT2D eigenvalue weighted by atomic mass is 35.5. The lowest BCUT2D eigenvalue weighted by Gasteiger charge is -2.38. The van der Waals surface area contributed by atoms with E-state index in [9.17, 15) is 14.4 Å². The van der Waals surface area contributed by atoms with Crippen LogP contribution in [-0.4, -0.2) is 59.7 Å². The molecule has 0 saturated carbocycles. The van der Waals surface area contributed by atoms with Gasteiger partial charge in [-0.15, -0.1) is 0 Å². The lowest BCUT2D eigenvalue weighted by atomic mass is 9.99. The van der Waals surface area contributed by atoms with E-state index in [-0.39, 0.29) is 28.8 Å². The Balaban J connectivity index is 2.06. The highest BCUT2D eigenvalue weighted by Crippen LogP contribution is 2.22. The van der Waals surface area contributed by atoms with E-state index in [0.717, 1.165) is 12.8 Å². The summed E-state index contributed by atoms with van der Waals surface area (Å²) < 4.78 is 0. The third kappa shape index (κ3) is 6.34. The zero-order valence-electron chi connectivity index (χ0n) is 17.4. The number of carbonyl (C=O) groups excluding carboxylic acids is 3. The van der Waals surface area contributed by atoms with Gasteiger partial charge in [0.1, 0.15) is 6.04 Å². The van der Waals surface area contributed by atoms with E-state index in [1.54, 1.807) is 35.9 Å². The summed E-state index contributed by atoms with van der Waals surface area (Å²) in [4.78, 5) is 40.9. The second-order valence-electron chi connectivity index (χ2n) is 7.97. The summed E-state index contributed by atoms with van der Waals surface area (Å²) in [6.07, 6.45) is 1.99. The second-order valence-corrected chi connectivity index (χ2v) is 8.81. The SMILES string of the molecule is CC(=O)N(C)C1CCN(C(=O)C(CC(C)C)NC(=O)c2ccc(Cl)cc2Cl)CC1. The molecule has 160 valence electrons. The molecule has 0 spiro atoms. The summed E-state index contributed by atoms with van der Waals surface area (Å²) in [5.74, 6) is -0.233. The lowest BCUT2D eigenvalue weighted by Crippen LogP contribution is -2.53. The predicted octanol–water partition coefficient (Wildman–Crippen LogP) is 3.61. The Bertz CT molecular complexity index is 762. The molecular formula is C21H29Cl2N3O3. The molecule has 1 atom stereocenters. The molecule has 6 nitrogen and oxygen atoms in total. The van der Waals surface area contributed by atoms with Crippen LogP contribution in [0.25, 0.3) is 0 Å². The Morgan fingerprint density at radius 2 is 1.83 bits per heavy atom. The van der Waals surface area contributed by atoms with Gasteiger partial charge in [0.25, 0.3) is 5.91 Å². The molecule has 1 unspecified atom stereocenters. The van der Waals surface area contributed by atoms with E-state index in [4.69, 9.17) is 23.2 Å². The van der Waals surface area contributed by atoms with Crippen molar-refractivity contribution in [2.45, 2.75) is 52.1 Å². The molecule has 0 bridgehead atoms. The van der Waals surface area contributed by atoms with E-state index in [1.165, 1.54) is 6.07 Å². The van der Waals surface area contributed by atoms with Gasteiger partial charge in [-0.05, 0) is 43.4 Å². The van der Waals surface area contributed by atoms with Crippen LogP contribution in [0.4, 0.5) is 0 Å². The Morgan fingerprint density at radius 3 is 2.34 bits per heavy atom. The molecule has 0 aliphatic carbocycles. The molecule has 1 aromatic rings. The van der Waals surface area contributed by atoms with E-state index in [0.29, 0.717) is 30.1 Å². The van der Waals surface area contributed by atoms with Crippen LogP contribution in [-0.2, 0) is 9.59 Å². The van der Waals surface area contributed by atoms with Gasteiger partial charge in [0, 0.05) is 38.1 Å². The van der Waals surface area contributed by atoms with Gasteiger partial charge in [-0.25, -0.2) is 0 Å². The quantitative estimate of drug-likeness (QED) is 0.732. The number of amides is 3. The van der Waals surface area contributed by atoms with Crippen molar-refractivity contribution in [2.24, 2.45) is 5.92 Å². The van der Waals surface area contributed by atoms with Crippen LogP contribution in [0.2, 0.25) is 10.0 Å². The van der Waals surface area contributed by atoms with Gasteiger partial charge in [-0.2, -0.15) is 0 Å². The average Bonchev–Trinajstić information content (AvgIpc) is 2.65. The van der Waals surface area contributed by atoms with Crippen molar-refractivity contribution in [3.63, 3.8) is 0 Å². The molecule has 2 rings (SSSR count). The Morgan fingerprint density at radius 1 is 1.21 bits per heavy atom. The molecule has 1 aliphatic heterocycles. The van der Waals surface area contributed by atoms with Crippen LogP contribution in [0.5, 0.6) is 0 Å².